The predicted molar refractivity (Wildman–Crippen MR) is 215 cm³/mol. The van der Waals surface area contributed by atoms with Crippen LogP contribution < -0.4 is 41.7 Å². The van der Waals surface area contributed by atoms with E-state index < -0.39 is 46.8 Å². The molecule has 6 N–H and O–H groups in total. The van der Waals surface area contributed by atoms with Gasteiger partial charge in [0.15, 0.2) is 0 Å². The van der Waals surface area contributed by atoms with Gasteiger partial charge in [-0.15, -0.1) is 0 Å². The van der Waals surface area contributed by atoms with Crippen molar-refractivity contribution in [2.45, 2.75) is 118 Å². The zero-order valence-corrected chi connectivity index (χ0v) is 35.8. The van der Waals surface area contributed by atoms with Crippen molar-refractivity contribution in [2.75, 3.05) is 86.7 Å². The van der Waals surface area contributed by atoms with Gasteiger partial charge in [-0.25, -0.2) is 19.2 Å². The zero-order valence-electron chi connectivity index (χ0n) is 35.8. The third-order valence-electron chi connectivity index (χ3n) is 7.60. The van der Waals surface area contributed by atoms with Crippen molar-refractivity contribution in [1.82, 2.24) is 36.2 Å². The average molecular weight is 796 g/mol. The van der Waals surface area contributed by atoms with Gasteiger partial charge in [-0.05, 0) is 108 Å². The number of nitrogens with one attached hydrogen (secondary N) is 4. The van der Waals surface area contributed by atoms with Gasteiger partial charge in [0, 0.05) is 65.4 Å². The van der Waals surface area contributed by atoms with E-state index in [-0.39, 0.29) is 64.3 Å². The first-order chi connectivity index (χ1) is 25.8. The number of anilines is 3. The number of piperidine rings is 1. The normalized spacial score (nSPS) is 14.0. The van der Waals surface area contributed by atoms with Crippen molar-refractivity contribution in [2.24, 2.45) is 11.7 Å². The molecule has 2 rings (SSSR count). The van der Waals surface area contributed by atoms with Gasteiger partial charge < -0.3 is 60.6 Å². The number of carbonyl (C=O) groups excluding carboxylic acids is 4. The molecule has 56 heavy (non-hydrogen) atoms. The molecule has 320 valence electrons. The van der Waals surface area contributed by atoms with E-state index in [1.807, 2.05) is 9.80 Å². The van der Waals surface area contributed by atoms with Gasteiger partial charge in [-0.2, -0.15) is 15.0 Å². The van der Waals surface area contributed by atoms with Gasteiger partial charge in [0.1, 0.15) is 22.4 Å². The van der Waals surface area contributed by atoms with Crippen LogP contribution in [-0.2, 0) is 18.9 Å². The number of rotatable bonds is 16. The second kappa shape index (κ2) is 21.1. The Morgan fingerprint density at radius 1 is 0.571 bits per heavy atom. The smallest absolute Gasteiger partial charge is 0.407 e. The van der Waals surface area contributed by atoms with E-state index in [4.69, 9.17) is 39.6 Å². The number of hydrogen-bond donors (Lipinski definition) is 5. The second-order valence-electron chi connectivity index (χ2n) is 17.6. The molecule has 0 aromatic carbocycles. The fourth-order valence-corrected chi connectivity index (χ4v) is 5.19. The SMILES string of the molecule is CC(C)(C)OC(=O)NCCN(CCNC(=O)OC(C)(C)C)c1nc(N(CCNC(=O)OC(C)(C)C)CCNC(=O)OC(C)(C)C)nc(N2CCC(CN)CC2)n1. The number of amides is 4. The minimum atomic E-state index is -0.684. The summed E-state index contributed by atoms with van der Waals surface area (Å²) in [5, 5.41) is 11.1. The van der Waals surface area contributed by atoms with Crippen molar-refractivity contribution in [3.63, 3.8) is 0 Å². The maximum absolute atomic E-state index is 12.6. The average Bonchev–Trinajstić information content (AvgIpc) is 3.03. The Morgan fingerprint density at radius 2 is 0.857 bits per heavy atom. The lowest BCUT2D eigenvalue weighted by atomic mass is 9.97. The second-order valence-corrected chi connectivity index (χ2v) is 17.6. The molecular formula is C37H69N11O8. The Kier molecular flexibility index (Phi) is 17.9. The number of nitrogens with zero attached hydrogens (tertiary/aromatic N) is 6. The van der Waals surface area contributed by atoms with Crippen LogP contribution in [0.5, 0.6) is 0 Å². The summed E-state index contributed by atoms with van der Waals surface area (Å²) in [6.45, 7) is 25.0. The van der Waals surface area contributed by atoms with Crippen molar-refractivity contribution in [3.8, 4) is 0 Å². The number of alkyl carbamates (subject to hydrolysis) is 4. The van der Waals surface area contributed by atoms with Gasteiger partial charge in [0.25, 0.3) is 0 Å². The van der Waals surface area contributed by atoms with E-state index in [2.05, 4.69) is 26.2 Å². The first-order valence-corrected chi connectivity index (χ1v) is 19.4. The molecule has 0 atom stereocenters. The van der Waals surface area contributed by atoms with Gasteiger partial charge in [-0.3, -0.25) is 0 Å². The van der Waals surface area contributed by atoms with Crippen LogP contribution in [0, 0.1) is 5.92 Å². The molecule has 0 radical (unpaired) electrons. The highest BCUT2D eigenvalue weighted by Crippen LogP contribution is 2.24. The first-order valence-electron chi connectivity index (χ1n) is 19.4. The molecule has 1 aliphatic rings. The van der Waals surface area contributed by atoms with Crippen LogP contribution in [0.2, 0.25) is 0 Å². The number of aromatic nitrogens is 3. The molecule has 0 aliphatic carbocycles. The van der Waals surface area contributed by atoms with Gasteiger partial charge in [-0.1, -0.05) is 0 Å². The Balaban J connectivity index is 2.52. The third-order valence-corrected chi connectivity index (χ3v) is 7.60. The van der Waals surface area contributed by atoms with Crippen LogP contribution in [0.3, 0.4) is 0 Å². The van der Waals surface area contributed by atoms with Crippen LogP contribution in [0.15, 0.2) is 0 Å². The lowest BCUT2D eigenvalue weighted by molar-refractivity contribution is 0.0515. The summed E-state index contributed by atoms with van der Waals surface area (Å²) in [7, 11) is 0. The minimum Gasteiger partial charge on any atom is -0.444 e. The summed E-state index contributed by atoms with van der Waals surface area (Å²) in [5.74, 6) is 1.38. The molecule has 1 aromatic heterocycles. The number of nitrogens with two attached hydrogens (primary N) is 1. The summed E-state index contributed by atoms with van der Waals surface area (Å²) in [6.07, 6.45) is -0.593. The van der Waals surface area contributed by atoms with E-state index in [1.165, 1.54) is 0 Å². The van der Waals surface area contributed by atoms with Gasteiger partial charge in [0.05, 0.1) is 0 Å². The van der Waals surface area contributed by atoms with Gasteiger partial charge in [0.2, 0.25) is 17.8 Å². The van der Waals surface area contributed by atoms with Crippen LogP contribution >= 0.6 is 0 Å². The standard InChI is InChI=1S/C37H69N11O8/c1-34(2,3)53-30(49)39-15-21-47(22-16-40-31(50)54-35(4,5)6)28-43-27(46-19-13-26(25-38)14-20-46)44-29(45-28)48(23-17-41-32(51)55-36(7,8)9)24-18-42-33(52)56-37(10,11)12/h26H,13-25,38H2,1-12H3,(H,39,49)(H,40,50)(H,41,51)(H,42,52). The van der Waals surface area contributed by atoms with E-state index in [1.54, 1.807) is 83.1 Å². The molecule has 4 amide bonds. The molecule has 1 aromatic rings. The summed E-state index contributed by atoms with van der Waals surface area (Å²) in [6, 6.07) is 0. The molecule has 1 saturated heterocycles. The van der Waals surface area contributed by atoms with Crippen LogP contribution in [-0.4, -0.2) is 134 Å². The molecular weight excluding hydrogens is 726 g/mol. The first kappa shape index (κ1) is 47.6. The predicted octanol–water partition coefficient (Wildman–Crippen LogP) is 3.76. The van der Waals surface area contributed by atoms with E-state index in [0.29, 0.717) is 31.5 Å². The topological polar surface area (TPSA) is 228 Å². The highest BCUT2D eigenvalue weighted by atomic mass is 16.6. The fraction of sp³-hybridized carbons (Fsp3) is 0.811. The summed E-state index contributed by atoms with van der Waals surface area (Å²) < 4.78 is 21.7. The van der Waals surface area contributed by atoms with Crippen molar-refractivity contribution in [1.29, 1.82) is 0 Å². The molecule has 0 saturated carbocycles. The molecule has 19 nitrogen and oxygen atoms in total. The minimum absolute atomic E-state index is 0.170. The fourth-order valence-electron chi connectivity index (χ4n) is 5.19. The maximum Gasteiger partial charge on any atom is 0.407 e. The Labute approximate surface area is 332 Å². The number of carbonyl (C=O) groups is 4. The van der Waals surface area contributed by atoms with E-state index in [0.717, 1.165) is 12.8 Å². The van der Waals surface area contributed by atoms with Crippen LogP contribution in [0.4, 0.5) is 37.0 Å². The zero-order chi connectivity index (χ0) is 42.3. The molecule has 2 heterocycles. The molecule has 19 heteroatoms. The number of ether oxygens (including phenoxy) is 4. The highest BCUT2D eigenvalue weighted by molar-refractivity contribution is 5.69. The summed E-state index contributed by atoms with van der Waals surface area (Å²) in [4.78, 5) is 70.6. The summed E-state index contributed by atoms with van der Waals surface area (Å²) in [5.41, 5.74) is 3.26. The Morgan fingerprint density at radius 3 is 1.11 bits per heavy atom. The Hall–Kier alpha value is -4.55. The van der Waals surface area contributed by atoms with E-state index in [9.17, 15) is 19.2 Å². The molecule has 1 aliphatic heterocycles. The quantitative estimate of drug-likeness (QED) is 0.150. The van der Waals surface area contributed by atoms with Crippen LogP contribution in [0.25, 0.3) is 0 Å². The van der Waals surface area contributed by atoms with Crippen molar-refractivity contribution >= 4 is 42.2 Å². The maximum atomic E-state index is 12.6. The lowest BCUT2D eigenvalue weighted by Gasteiger charge is -2.33. The molecule has 0 bridgehead atoms. The molecule has 0 spiro atoms. The highest BCUT2D eigenvalue weighted by Gasteiger charge is 2.26. The van der Waals surface area contributed by atoms with Crippen molar-refractivity contribution in [3.05, 3.63) is 0 Å². The molecule has 0 unspecified atom stereocenters. The van der Waals surface area contributed by atoms with Gasteiger partial charge >= 0.3 is 24.4 Å². The summed E-state index contributed by atoms with van der Waals surface area (Å²) >= 11 is 0. The van der Waals surface area contributed by atoms with Crippen molar-refractivity contribution < 1.29 is 38.1 Å². The number of hydrogen-bond acceptors (Lipinski definition) is 15. The largest absolute Gasteiger partial charge is 0.444 e. The monoisotopic (exact) mass is 796 g/mol. The van der Waals surface area contributed by atoms with E-state index >= 15 is 0 Å². The Bertz CT molecular complexity index is 1250. The molecule has 1 fully saturated rings. The van der Waals surface area contributed by atoms with Crippen LogP contribution in [0.1, 0.15) is 95.9 Å². The third kappa shape index (κ3) is 20.4. The lowest BCUT2D eigenvalue weighted by Crippen LogP contribution is -2.44.